The average molecular weight is 344 g/mol. The van der Waals surface area contributed by atoms with Crippen LogP contribution in [-0.2, 0) is 4.84 Å². The summed E-state index contributed by atoms with van der Waals surface area (Å²) < 4.78 is 0. The molecule has 26 heavy (non-hydrogen) atoms. The van der Waals surface area contributed by atoms with Crippen molar-refractivity contribution in [1.82, 2.24) is 0 Å². The van der Waals surface area contributed by atoms with Gasteiger partial charge >= 0.3 is 5.97 Å². The molecule has 4 rings (SSSR count). The second-order valence-electron chi connectivity index (χ2n) is 5.71. The van der Waals surface area contributed by atoms with Gasteiger partial charge < -0.3 is 4.84 Å². The van der Waals surface area contributed by atoms with Gasteiger partial charge in [0.15, 0.2) is 0 Å². The highest BCUT2D eigenvalue weighted by atomic mass is 16.7. The summed E-state index contributed by atoms with van der Waals surface area (Å²) in [6.07, 6.45) is 0. The number of carbonyl (C=O) groups excluding carboxylic acids is 1. The van der Waals surface area contributed by atoms with Crippen molar-refractivity contribution in [3.05, 3.63) is 99.6 Å². The molecule has 6 heteroatoms. The van der Waals surface area contributed by atoms with Crippen LogP contribution >= 0.6 is 0 Å². The number of rotatable bonds is 3. The van der Waals surface area contributed by atoms with Crippen molar-refractivity contribution in [3.8, 4) is 11.1 Å². The van der Waals surface area contributed by atoms with E-state index in [0.717, 1.165) is 22.3 Å². The van der Waals surface area contributed by atoms with E-state index in [9.17, 15) is 14.9 Å². The van der Waals surface area contributed by atoms with Crippen molar-refractivity contribution >= 4 is 17.4 Å². The molecule has 3 aromatic carbocycles. The molecule has 3 aromatic rings. The van der Waals surface area contributed by atoms with Gasteiger partial charge in [-0.05, 0) is 23.3 Å². The molecule has 0 saturated heterocycles. The number of oxime groups is 1. The average Bonchev–Trinajstić information content (AvgIpc) is 3.00. The van der Waals surface area contributed by atoms with E-state index in [1.807, 2.05) is 48.5 Å². The fourth-order valence-corrected chi connectivity index (χ4v) is 2.95. The molecule has 6 nitrogen and oxygen atoms in total. The molecule has 0 bridgehead atoms. The van der Waals surface area contributed by atoms with Crippen molar-refractivity contribution in [3.63, 3.8) is 0 Å². The molecule has 0 heterocycles. The Hall–Kier alpha value is -3.80. The van der Waals surface area contributed by atoms with Crippen LogP contribution in [0.15, 0.2) is 78.0 Å². The molecule has 1 aliphatic rings. The maximum Gasteiger partial charge on any atom is 0.365 e. The molecule has 0 atom stereocenters. The third-order valence-electron chi connectivity index (χ3n) is 4.19. The number of nitro benzene ring substituents is 1. The van der Waals surface area contributed by atoms with Gasteiger partial charge in [0.25, 0.3) is 5.69 Å². The van der Waals surface area contributed by atoms with Gasteiger partial charge in [-0.15, -0.1) is 0 Å². The number of nitro groups is 1. The maximum atomic E-state index is 12.2. The lowest BCUT2D eigenvalue weighted by Gasteiger charge is -2.02. The molecule has 0 spiro atoms. The van der Waals surface area contributed by atoms with E-state index in [0.29, 0.717) is 5.71 Å². The summed E-state index contributed by atoms with van der Waals surface area (Å²) in [7, 11) is 0. The van der Waals surface area contributed by atoms with Crippen LogP contribution in [0.4, 0.5) is 5.69 Å². The highest BCUT2D eigenvalue weighted by Gasteiger charge is 2.25. The lowest BCUT2D eigenvalue weighted by Crippen LogP contribution is -2.05. The fourth-order valence-electron chi connectivity index (χ4n) is 2.95. The number of hydrogen-bond acceptors (Lipinski definition) is 5. The molecule has 0 fully saturated rings. The zero-order chi connectivity index (χ0) is 18.1. The summed E-state index contributed by atoms with van der Waals surface area (Å²) in [5, 5.41) is 14.8. The molecule has 0 aliphatic heterocycles. The molecule has 0 amide bonds. The van der Waals surface area contributed by atoms with Gasteiger partial charge in [-0.1, -0.05) is 53.7 Å². The van der Waals surface area contributed by atoms with Gasteiger partial charge in [0.1, 0.15) is 5.71 Å². The Kier molecular flexibility index (Phi) is 3.78. The predicted molar refractivity (Wildman–Crippen MR) is 96.0 cm³/mol. The van der Waals surface area contributed by atoms with E-state index < -0.39 is 10.9 Å². The first kappa shape index (κ1) is 15.7. The second kappa shape index (κ2) is 6.25. The summed E-state index contributed by atoms with van der Waals surface area (Å²) >= 11 is 0. The first-order valence-electron chi connectivity index (χ1n) is 7.88. The van der Waals surface area contributed by atoms with Crippen LogP contribution in [0.1, 0.15) is 21.5 Å². The molecule has 0 aromatic heterocycles. The van der Waals surface area contributed by atoms with Crippen LogP contribution in [0.5, 0.6) is 0 Å². The molecule has 0 saturated carbocycles. The zero-order valence-corrected chi connectivity index (χ0v) is 13.5. The van der Waals surface area contributed by atoms with Crippen LogP contribution in [0.3, 0.4) is 0 Å². The van der Waals surface area contributed by atoms with E-state index in [-0.39, 0.29) is 11.3 Å². The van der Waals surface area contributed by atoms with E-state index in [4.69, 9.17) is 4.84 Å². The van der Waals surface area contributed by atoms with Crippen LogP contribution in [0.2, 0.25) is 0 Å². The van der Waals surface area contributed by atoms with Gasteiger partial charge in [-0.3, -0.25) is 10.1 Å². The molecular formula is C20H12N2O4. The lowest BCUT2D eigenvalue weighted by atomic mass is 10.1. The van der Waals surface area contributed by atoms with Crippen molar-refractivity contribution in [2.75, 3.05) is 0 Å². The lowest BCUT2D eigenvalue weighted by molar-refractivity contribution is -0.384. The van der Waals surface area contributed by atoms with Crippen LogP contribution in [-0.4, -0.2) is 16.6 Å². The molecule has 1 aliphatic carbocycles. The normalized spacial score (nSPS) is 11.5. The minimum absolute atomic E-state index is 0.0912. The fraction of sp³-hybridized carbons (Fsp3) is 0. The molecule has 0 radical (unpaired) electrons. The Morgan fingerprint density at radius 2 is 1.31 bits per heavy atom. The Bertz CT molecular complexity index is 1010. The van der Waals surface area contributed by atoms with Crippen LogP contribution < -0.4 is 0 Å². The topological polar surface area (TPSA) is 81.8 Å². The van der Waals surface area contributed by atoms with E-state index in [1.54, 1.807) is 0 Å². The molecule has 0 unspecified atom stereocenters. The molecule has 0 N–H and O–H groups in total. The standard InChI is InChI=1S/C20H12N2O4/c23-20(13-9-11-14(12-10-13)22(24)25)26-21-19-17-7-3-1-5-15(17)16-6-2-4-8-18(16)19/h1-12H. The third-order valence-corrected chi connectivity index (χ3v) is 4.19. The first-order chi connectivity index (χ1) is 12.6. The minimum Gasteiger partial charge on any atom is -0.312 e. The number of fused-ring (bicyclic) bond motifs is 3. The summed E-state index contributed by atoms with van der Waals surface area (Å²) in [4.78, 5) is 27.5. The van der Waals surface area contributed by atoms with Crippen molar-refractivity contribution in [1.29, 1.82) is 0 Å². The Morgan fingerprint density at radius 3 is 1.81 bits per heavy atom. The highest BCUT2D eigenvalue weighted by Crippen LogP contribution is 2.36. The Labute approximate surface area is 148 Å². The van der Waals surface area contributed by atoms with Gasteiger partial charge in [0, 0.05) is 23.3 Å². The quantitative estimate of drug-likeness (QED) is 0.317. The number of hydrogen-bond donors (Lipinski definition) is 0. The van der Waals surface area contributed by atoms with E-state index in [2.05, 4.69) is 5.16 Å². The largest absolute Gasteiger partial charge is 0.365 e. The number of carbonyl (C=O) groups is 1. The smallest absolute Gasteiger partial charge is 0.312 e. The number of benzene rings is 3. The van der Waals surface area contributed by atoms with E-state index >= 15 is 0 Å². The summed E-state index contributed by atoms with van der Waals surface area (Å²) in [5.41, 5.74) is 4.55. The second-order valence-corrected chi connectivity index (χ2v) is 5.71. The van der Waals surface area contributed by atoms with E-state index in [1.165, 1.54) is 24.3 Å². The van der Waals surface area contributed by atoms with Gasteiger partial charge in [0.2, 0.25) is 0 Å². The maximum absolute atomic E-state index is 12.2. The van der Waals surface area contributed by atoms with Crippen molar-refractivity contribution in [2.45, 2.75) is 0 Å². The summed E-state index contributed by atoms with van der Waals surface area (Å²) in [6.45, 7) is 0. The van der Waals surface area contributed by atoms with Crippen LogP contribution in [0.25, 0.3) is 11.1 Å². The van der Waals surface area contributed by atoms with Crippen molar-refractivity contribution < 1.29 is 14.6 Å². The predicted octanol–water partition coefficient (Wildman–Crippen LogP) is 4.18. The van der Waals surface area contributed by atoms with Gasteiger partial charge in [0.05, 0.1) is 10.5 Å². The zero-order valence-electron chi connectivity index (χ0n) is 13.5. The minimum atomic E-state index is -0.672. The Morgan fingerprint density at radius 1 is 0.808 bits per heavy atom. The van der Waals surface area contributed by atoms with Gasteiger partial charge in [-0.25, -0.2) is 4.79 Å². The SMILES string of the molecule is O=C(ON=C1c2ccccc2-c2ccccc21)c1ccc([N+](=O)[O-])cc1. The molecule has 126 valence electrons. The monoisotopic (exact) mass is 344 g/mol. The summed E-state index contributed by atoms with van der Waals surface area (Å²) in [5.74, 6) is -0.672. The van der Waals surface area contributed by atoms with Crippen molar-refractivity contribution in [2.24, 2.45) is 5.16 Å². The molecular weight excluding hydrogens is 332 g/mol. The third kappa shape index (κ3) is 2.63. The Balaban J connectivity index is 1.64. The van der Waals surface area contributed by atoms with Crippen LogP contribution in [0, 0.1) is 10.1 Å². The number of non-ortho nitro benzene ring substituents is 1. The first-order valence-corrected chi connectivity index (χ1v) is 7.88. The number of nitrogens with zero attached hydrogens (tertiary/aromatic N) is 2. The summed E-state index contributed by atoms with van der Waals surface area (Å²) in [6, 6.07) is 20.7. The highest BCUT2D eigenvalue weighted by molar-refractivity contribution is 6.24. The van der Waals surface area contributed by atoms with Gasteiger partial charge in [-0.2, -0.15) is 0 Å².